The van der Waals surface area contributed by atoms with E-state index in [1.165, 1.54) is 18.2 Å². The molecule has 5 rings (SSSR count). The minimum absolute atomic E-state index is 0.0469. The van der Waals surface area contributed by atoms with Crippen molar-refractivity contribution in [2.24, 2.45) is 0 Å². The third-order valence-corrected chi connectivity index (χ3v) is 5.71. The Labute approximate surface area is 222 Å². The van der Waals surface area contributed by atoms with Crippen molar-refractivity contribution in [3.8, 4) is 22.8 Å². The van der Waals surface area contributed by atoms with E-state index < -0.39 is 34.2 Å². The first-order valence-electron chi connectivity index (χ1n) is 11.6. The summed E-state index contributed by atoms with van der Waals surface area (Å²) >= 11 is 0. The summed E-state index contributed by atoms with van der Waals surface area (Å²) in [4.78, 5) is 27.9. The number of nitrogens with zero attached hydrogens (tertiary/aromatic N) is 4. The van der Waals surface area contributed by atoms with E-state index in [4.69, 9.17) is 4.74 Å². The number of carbonyl (C=O) groups is 1. The monoisotopic (exact) mass is 551 g/mol. The van der Waals surface area contributed by atoms with Gasteiger partial charge in [0.25, 0.3) is 11.6 Å². The molecule has 0 spiro atoms. The van der Waals surface area contributed by atoms with Crippen molar-refractivity contribution in [1.29, 1.82) is 0 Å². The molecule has 3 aromatic carbocycles. The fourth-order valence-corrected chi connectivity index (χ4v) is 3.81. The number of rotatable bonds is 6. The maximum absolute atomic E-state index is 13.9. The Morgan fingerprint density at radius 1 is 0.975 bits per heavy atom. The molecule has 1 N–H and O–H groups in total. The summed E-state index contributed by atoms with van der Waals surface area (Å²) in [5, 5.41) is 17.6. The second-order valence-electron chi connectivity index (χ2n) is 8.67. The molecular formula is C27H17F4N5O4. The first-order valence-corrected chi connectivity index (χ1v) is 11.6. The second-order valence-corrected chi connectivity index (χ2v) is 8.67. The molecule has 202 valence electrons. The molecule has 2 aromatic heterocycles. The molecule has 0 unspecified atom stereocenters. The summed E-state index contributed by atoms with van der Waals surface area (Å²) in [5.41, 5.74) is -1.28. The number of nitrogens with one attached hydrogen (secondary N) is 1. The van der Waals surface area contributed by atoms with Crippen molar-refractivity contribution in [1.82, 2.24) is 14.6 Å². The van der Waals surface area contributed by atoms with Crippen LogP contribution in [-0.4, -0.2) is 25.4 Å². The average molecular weight is 551 g/mol. The van der Waals surface area contributed by atoms with E-state index in [0.29, 0.717) is 10.3 Å². The van der Waals surface area contributed by atoms with E-state index in [1.807, 2.05) is 6.92 Å². The van der Waals surface area contributed by atoms with Gasteiger partial charge in [-0.2, -0.15) is 18.3 Å². The number of aryl methyl sites for hydroxylation is 1. The largest absolute Gasteiger partial charge is 0.457 e. The molecule has 5 aromatic rings. The number of ether oxygens (including phenoxy) is 1. The number of non-ortho nitro benzene ring substituents is 1. The summed E-state index contributed by atoms with van der Waals surface area (Å²) in [5.74, 6) is -1.07. The smallest absolute Gasteiger partial charge is 0.433 e. The molecule has 0 bridgehead atoms. The molecule has 0 aliphatic carbocycles. The predicted octanol–water partition coefficient (Wildman–Crippen LogP) is 6.82. The number of anilines is 1. The summed E-state index contributed by atoms with van der Waals surface area (Å²) in [6, 6.07) is 16.9. The highest BCUT2D eigenvalue weighted by Gasteiger charge is 2.35. The maximum atomic E-state index is 13.9. The average Bonchev–Trinajstić information content (AvgIpc) is 3.33. The van der Waals surface area contributed by atoms with Crippen LogP contribution in [0.25, 0.3) is 16.9 Å². The minimum Gasteiger partial charge on any atom is -0.457 e. The predicted molar refractivity (Wildman–Crippen MR) is 136 cm³/mol. The molecule has 0 fully saturated rings. The van der Waals surface area contributed by atoms with Gasteiger partial charge < -0.3 is 10.1 Å². The second kappa shape index (κ2) is 10.1. The Hall–Kier alpha value is -5.33. The number of amides is 1. The van der Waals surface area contributed by atoms with Crippen molar-refractivity contribution in [3.05, 3.63) is 112 Å². The van der Waals surface area contributed by atoms with Crippen LogP contribution in [0.4, 0.5) is 28.9 Å². The van der Waals surface area contributed by atoms with Crippen molar-refractivity contribution < 1.29 is 32.0 Å². The first kappa shape index (κ1) is 26.3. The number of nitro benzene ring substituents is 1. The summed E-state index contributed by atoms with van der Waals surface area (Å²) in [7, 11) is 0. The number of carbonyl (C=O) groups excluding carboxylic acids is 1. The van der Waals surface area contributed by atoms with Crippen LogP contribution < -0.4 is 10.1 Å². The highest BCUT2D eigenvalue weighted by molar-refractivity contribution is 6.03. The fraction of sp³-hybridized carbons (Fsp3) is 0.0741. The lowest BCUT2D eigenvalue weighted by Crippen LogP contribution is -2.16. The first-order chi connectivity index (χ1) is 19.0. The number of fused-ring (bicyclic) bond motifs is 1. The van der Waals surface area contributed by atoms with E-state index in [0.717, 1.165) is 42.0 Å². The lowest BCUT2D eigenvalue weighted by molar-refractivity contribution is -0.384. The van der Waals surface area contributed by atoms with Gasteiger partial charge in [-0.05, 0) is 49.4 Å². The standard InChI is InChI=1S/C27H17F4N5O4/c1-15-2-8-20(9-3-15)40-21-11-18(10-19(12-21)36(38)39)32-26(37)23-14-25-33-22(16-4-6-17(28)7-5-16)13-24(27(29,30)31)35(25)34-23/h2-14H,1H3,(H,32,37). The number of nitro groups is 1. The third-order valence-electron chi connectivity index (χ3n) is 5.71. The number of benzene rings is 3. The van der Waals surface area contributed by atoms with Crippen molar-refractivity contribution in [2.75, 3.05) is 5.32 Å². The zero-order valence-electron chi connectivity index (χ0n) is 20.4. The Bertz CT molecular complexity index is 1750. The molecule has 9 nitrogen and oxygen atoms in total. The van der Waals surface area contributed by atoms with E-state index in [-0.39, 0.29) is 34.0 Å². The molecule has 2 heterocycles. The SMILES string of the molecule is Cc1ccc(Oc2cc(NC(=O)c3cc4nc(-c5ccc(F)cc5)cc(C(F)(F)F)n4n3)cc([N+](=O)[O-])c2)cc1. The van der Waals surface area contributed by atoms with Crippen LogP contribution in [0.15, 0.2) is 78.9 Å². The van der Waals surface area contributed by atoms with Crippen LogP contribution in [0, 0.1) is 22.9 Å². The molecule has 0 radical (unpaired) electrons. The molecular weight excluding hydrogens is 534 g/mol. The molecule has 0 aliphatic rings. The van der Waals surface area contributed by atoms with Crippen molar-refractivity contribution in [3.63, 3.8) is 0 Å². The number of halogens is 4. The number of hydrogen-bond donors (Lipinski definition) is 1. The zero-order valence-corrected chi connectivity index (χ0v) is 20.4. The number of alkyl halides is 3. The Morgan fingerprint density at radius 3 is 2.33 bits per heavy atom. The fourth-order valence-electron chi connectivity index (χ4n) is 3.81. The van der Waals surface area contributed by atoms with Gasteiger partial charge in [-0.3, -0.25) is 14.9 Å². The van der Waals surface area contributed by atoms with Crippen LogP contribution in [0.5, 0.6) is 11.5 Å². The summed E-state index contributed by atoms with van der Waals surface area (Å²) in [6.45, 7) is 1.88. The zero-order chi connectivity index (χ0) is 28.6. The minimum atomic E-state index is -4.86. The van der Waals surface area contributed by atoms with Gasteiger partial charge in [-0.25, -0.2) is 13.9 Å². The molecule has 13 heteroatoms. The van der Waals surface area contributed by atoms with Gasteiger partial charge in [-0.15, -0.1) is 0 Å². The van der Waals surface area contributed by atoms with Gasteiger partial charge in [0.05, 0.1) is 22.4 Å². The molecule has 0 aliphatic heterocycles. The van der Waals surface area contributed by atoms with E-state index in [9.17, 15) is 32.5 Å². The highest BCUT2D eigenvalue weighted by Crippen LogP contribution is 2.33. The van der Waals surface area contributed by atoms with Gasteiger partial charge in [0.1, 0.15) is 17.3 Å². The lowest BCUT2D eigenvalue weighted by Gasteiger charge is -2.11. The maximum Gasteiger partial charge on any atom is 0.433 e. The van der Waals surface area contributed by atoms with Crippen LogP contribution in [0.1, 0.15) is 21.7 Å². The summed E-state index contributed by atoms with van der Waals surface area (Å²) < 4.78 is 61.1. The Morgan fingerprint density at radius 2 is 1.68 bits per heavy atom. The highest BCUT2D eigenvalue weighted by atomic mass is 19.4. The third kappa shape index (κ3) is 5.57. The molecule has 40 heavy (non-hydrogen) atoms. The Kier molecular flexibility index (Phi) is 6.63. The van der Waals surface area contributed by atoms with Crippen molar-refractivity contribution >= 4 is 22.9 Å². The number of hydrogen-bond acceptors (Lipinski definition) is 6. The van der Waals surface area contributed by atoms with E-state index >= 15 is 0 Å². The van der Waals surface area contributed by atoms with Crippen LogP contribution in [0.3, 0.4) is 0 Å². The van der Waals surface area contributed by atoms with Gasteiger partial charge in [0.2, 0.25) is 0 Å². The van der Waals surface area contributed by atoms with Crippen LogP contribution in [-0.2, 0) is 6.18 Å². The normalized spacial score (nSPS) is 11.4. The van der Waals surface area contributed by atoms with Crippen molar-refractivity contribution in [2.45, 2.75) is 13.1 Å². The van der Waals surface area contributed by atoms with Gasteiger partial charge in [0, 0.05) is 23.8 Å². The molecule has 0 saturated carbocycles. The topological polar surface area (TPSA) is 112 Å². The number of aromatic nitrogens is 3. The van der Waals surface area contributed by atoms with Gasteiger partial charge in [-0.1, -0.05) is 17.7 Å². The van der Waals surface area contributed by atoms with Gasteiger partial charge >= 0.3 is 6.18 Å². The van der Waals surface area contributed by atoms with Gasteiger partial charge in [0.15, 0.2) is 17.0 Å². The molecule has 0 atom stereocenters. The molecule has 0 saturated heterocycles. The van der Waals surface area contributed by atoms with E-state index in [2.05, 4.69) is 15.4 Å². The van der Waals surface area contributed by atoms with E-state index in [1.54, 1.807) is 24.3 Å². The Balaban J connectivity index is 1.49. The lowest BCUT2D eigenvalue weighted by atomic mass is 10.1. The summed E-state index contributed by atoms with van der Waals surface area (Å²) in [6.07, 6.45) is -4.86. The molecule has 1 amide bonds. The quantitative estimate of drug-likeness (QED) is 0.141. The van der Waals surface area contributed by atoms with Crippen LogP contribution in [0.2, 0.25) is 0 Å². The van der Waals surface area contributed by atoms with Crippen LogP contribution >= 0.6 is 0 Å².